The molecule has 100 valence electrons. The van der Waals surface area contributed by atoms with Crippen LogP contribution in [-0.4, -0.2) is 9.38 Å². The van der Waals surface area contributed by atoms with Crippen LogP contribution in [0.1, 0.15) is 16.3 Å². The van der Waals surface area contributed by atoms with E-state index in [2.05, 4.69) is 11.1 Å². The lowest BCUT2D eigenvalue weighted by atomic mass is 10.1. The van der Waals surface area contributed by atoms with Gasteiger partial charge in [-0.1, -0.05) is 0 Å². The summed E-state index contributed by atoms with van der Waals surface area (Å²) in [6, 6.07) is 8.60. The number of hydrogen-bond donors (Lipinski definition) is 0. The highest BCUT2D eigenvalue weighted by Crippen LogP contribution is 2.33. The van der Waals surface area contributed by atoms with Crippen LogP contribution < -0.4 is 0 Å². The number of fused-ring (bicyclic) bond motifs is 1. The molecule has 0 saturated heterocycles. The van der Waals surface area contributed by atoms with E-state index in [9.17, 15) is 4.39 Å². The Morgan fingerprint density at radius 1 is 1.30 bits per heavy atom. The number of benzene rings is 1. The third-order valence-electron chi connectivity index (χ3n) is 3.31. The Morgan fingerprint density at radius 3 is 2.65 bits per heavy atom. The van der Waals surface area contributed by atoms with Gasteiger partial charge in [0, 0.05) is 4.88 Å². The highest BCUT2D eigenvalue weighted by molar-refractivity contribution is 7.17. The molecule has 0 radical (unpaired) electrons. The van der Waals surface area contributed by atoms with E-state index >= 15 is 0 Å². The molecule has 0 amide bonds. The van der Waals surface area contributed by atoms with E-state index in [4.69, 9.17) is 5.26 Å². The minimum absolute atomic E-state index is 0.253. The second-order valence-electron chi connectivity index (χ2n) is 4.61. The van der Waals surface area contributed by atoms with Gasteiger partial charge in [0.05, 0.1) is 29.6 Å². The van der Waals surface area contributed by atoms with Crippen molar-refractivity contribution < 1.29 is 4.39 Å². The largest absolute Gasteiger partial charge is 0.286 e. The Morgan fingerprint density at radius 2 is 2.00 bits per heavy atom. The number of nitrogens with zero attached hydrogens (tertiary/aromatic N) is 3. The molecule has 0 aliphatic rings. The zero-order chi connectivity index (χ0) is 14.3. The van der Waals surface area contributed by atoms with Gasteiger partial charge < -0.3 is 0 Å². The van der Waals surface area contributed by atoms with Crippen molar-refractivity contribution in [3.05, 3.63) is 46.3 Å². The average Bonchev–Trinajstić information content (AvgIpc) is 2.87. The maximum atomic E-state index is 13.1. The van der Waals surface area contributed by atoms with E-state index < -0.39 is 0 Å². The van der Waals surface area contributed by atoms with Crippen molar-refractivity contribution in [3.8, 4) is 17.3 Å². The quantitative estimate of drug-likeness (QED) is 0.717. The molecule has 0 unspecified atom stereocenters. The zero-order valence-electron chi connectivity index (χ0n) is 11.1. The van der Waals surface area contributed by atoms with Gasteiger partial charge in [-0.3, -0.25) is 4.40 Å². The van der Waals surface area contributed by atoms with Crippen molar-refractivity contribution >= 4 is 16.3 Å². The molecule has 0 aliphatic carbocycles. The van der Waals surface area contributed by atoms with Gasteiger partial charge in [0.25, 0.3) is 0 Å². The summed E-state index contributed by atoms with van der Waals surface area (Å²) < 4.78 is 15.1. The smallest absolute Gasteiger partial charge is 0.194 e. The second kappa shape index (κ2) is 4.73. The normalized spacial score (nSPS) is 10.9. The SMILES string of the molecule is Cc1nc2sc(C)c(-c3ccc(F)cc3)n2c1CC#N. The molecule has 20 heavy (non-hydrogen) atoms. The molecule has 0 spiro atoms. The number of halogens is 1. The van der Waals surface area contributed by atoms with Crippen LogP contribution in [0.5, 0.6) is 0 Å². The van der Waals surface area contributed by atoms with Gasteiger partial charge in [0.1, 0.15) is 5.82 Å². The zero-order valence-corrected chi connectivity index (χ0v) is 12.0. The molecule has 0 bridgehead atoms. The van der Waals surface area contributed by atoms with Crippen molar-refractivity contribution in [2.24, 2.45) is 0 Å². The molecule has 5 heteroatoms. The molecule has 3 nitrogen and oxygen atoms in total. The molecule has 0 fully saturated rings. The Balaban J connectivity index is 2.31. The number of rotatable bonds is 2. The third kappa shape index (κ3) is 1.89. The molecule has 0 atom stereocenters. The third-order valence-corrected chi connectivity index (χ3v) is 4.26. The van der Waals surface area contributed by atoms with Crippen LogP contribution in [0.2, 0.25) is 0 Å². The summed E-state index contributed by atoms with van der Waals surface area (Å²) in [7, 11) is 0. The number of nitriles is 1. The predicted octanol–water partition coefficient (Wildman–Crippen LogP) is 3.88. The van der Waals surface area contributed by atoms with Crippen molar-refractivity contribution in [1.29, 1.82) is 5.26 Å². The number of thiazole rings is 1. The molecule has 2 aromatic heterocycles. The molecular formula is C15H12FN3S. The second-order valence-corrected chi connectivity index (χ2v) is 5.79. The molecular weight excluding hydrogens is 273 g/mol. The van der Waals surface area contributed by atoms with Gasteiger partial charge in [-0.05, 0) is 43.7 Å². The topological polar surface area (TPSA) is 41.1 Å². The van der Waals surface area contributed by atoms with E-state index in [0.717, 1.165) is 32.5 Å². The minimum atomic E-state index is -0.253. The number of imidazole rings is 1. The first-order valence-electron chi connectivity index (χ1n) is 6.22. The first-order valence-corrected chi connectivity index (χ1v) is 7.03. The monoisotopic (exact) mass is 285 g/mol. The lowest BCUT2D eigenvalue weighted by molar-refractivity contribution is 0.628. The fourth-order valence-corrected chi connectivity index (χ4v) is 3.45. The molecule has 0 aliphatic heterocycles. The van der Waals surface area contributed by atoms with E-state index in [1.165, 1.54) is 12.1 Å². The summed E-state index contributed by atoms with van der Waals surface area (Å²) in [6.45, 7) is 3.93. The van der Waals surface area contributed by atoms with E-state index in [1.807, 2.05) is 18.2 Å². The fraction of sp³-hybridized carbons (Fsp3) is 0.200. The maximum Gasteiger partial charge on any atom is 0.194 e. The Hall–Kier alpha value is -2.19. The Bertz CT molecular complexity index is 822. The number of aryl methyl sites for hydroxylation is 2. The van der Waals surface area contributed by atoms with Gasteiger partial charge in [0.2, 0.25) is 0 Å². The summed E-state index contributed by atoms with van der Waals surface area (Å²) in [4.78, 5) is 6.50. The van der Waals surface area contributed by atoms with E-state index in [0.29, 0.717) is 6.42 Å². The number of aromatic nitrogens is 2. The minimum Gasteiger partial charge on any atom is -0.286 e. The van der Waals surface area contributed by atoms with Gasteiger partial charge >= 0.3 is 0 Å². The van der Waals surface area contributed by atoms with Crippen LogP contribution >= 0.6 is 11.3 Å². The van der Waals surface area contributed by atoms with Crippen LogP contribution in [0, 0.1) is 31.0 Å². The summed E-state index contributed by atoms with van der Waals surface area (Å²) in [5.41, 5.74) is 3.72. The van der Waals surface area contributed by atoms with Gasteiger partial charge in [-0.2, -0.15) is 5.26 Å². The van der Waals surface area contributed by atoms with Crippen molar-refractivity contribution in [3.63, 3.8) is 0 Å². The molecule has 3 rings (SSSR count). The average molecular weight is 285 g/mol. The van der Waals surface area contributed by atoms with Crippen molar-refractivity contribution in [2.75, 3.05) is 0 Å². The van der Waals surface area contributed by atoms with Gasteiger partial charge in [0.15, 0.2) is 4.96 Å². The highest BCUT2D eigenvalue weighted by Gasteiger charge is 2.18. The predicted molar refractivity (Wildman–Crippen MR) is 77.3 cm³/mol. The van der Waals surface area contributed by atoms with Crippen LogP contribution in [0.15, 0.2) is 24.3 Å². The van der Waals surface area contributed by atoms with Gasteiger partial charge in [-0.25, -0.2) is 9.37 Å². The van der Waals surface area contributed by atoms with E-state index in [-0.39, 0.29) is 5.82 Å². The first kappa shape index (κ1) is 12.8. The summed E-state index contributed by atoms with van der Waals surface area (Å²) >= 11 is 1.59. The summed E-state index contributed by atoms with van der Waals surface area (Å²) in [5.74, 6) is -0.253. The van der Waals surface area contributed by atoms with Crippen LogP contribution in [-0.2, 0) is 6.42 Å². The summed E-state index contributed by atoms with van der Waals surface area (Å²) in [6.07, 6.45) is 0.317. The highest BCUT2D eigenvalue weighted by atomic mass is 32.1. The maximum absolute atomic E-state index is 13.1. The molecule has 1 aromatic carbocycles. The molecule has 0 saturated carbocycles. The Kier molecular flexibility index (Phi) is 3.03. The molecule has 0 N–H and O–H groups in total. The lowest BCUT2D eigenvalue weighted by Crippen LogP contribution is -1.95. The first-order chi connectivity index (χ1) is 9.61. The molecule has 3 aromatic rings. The molecule has 2 heterocycles. The Labute approximate surface area is 119 Å². The van der Waals surface area contributed by atoms with Crippen molar-refractivity contribution in [2.45, 2.75) is 20.3 Å². The van der Waals surface area contributed by atoms with Crippen molar-refractivity contribution in [1.82, 2.24) is 9.38 Å². The lowest BCUT2D eigenvalue weighted by Gasteiger charge is -2.05. The standard InChI is InChI=1S/C15H12FN3S/c1-9-13(7-8-17)19-14(10(2)20-15(19)18-9)11-3-5-12(16)6-4-11/h3-6H,7H2,1-2H3. The number of hydrogen-bond acceptors (Lipinski definition) is 3. The van der Waals surface area contributed by atoms with E-state index in [1.54, 1.807) is 23.5 Å². The van der Waals surface area contributed by atoms with Crippen LogP contribution in [0.3, 0.4) is 0 Å². The van der Waals surface area contributed by atoms with Crippen LogP contribution in [0.4, 0.5) is 4.39 Å². The fourth-order valence-electron chi connectivity index (χ4n) is 2.40. The van der Waals surface area contributed by atoms with Gasteiger partial charge in [-0.15, -0.1) is 11.3 Å². The van der Waals surface area contributed by atoms with Crippen LogP contribution in [0.25, 0.3) is 16.2 Å². The summed E-state index contributed by atoms with van der Waals surface area (Å²) in [5, 5.41) is 8.99.